The van der Waals surface area contributed by atoms with Gasteiger partial charge in [0.1, 0.15) is 15.7 Å². The van der Waals surface area contributed by atoms with Crippen LogP contribution in [0.5, 0.6) is 0 Å². The molecule has 1 fully saturated rings. The summed E-state index contributed by atoms with van der Waals surface area (Å²) in [6, 6.07) is 23.5. The van der Waals surface area contributed by atoms with Crippen molar-refractivity contribution in [3.05, 3.63) is 83.9 Å². The molecule has 1 saturated heterocycles. The lowest BCUT2D eigenvalue weighted by molar-refractivity contribution is 0.103. The van der Waals surface area contributed by atoms with Crippen LogP contribution in [0.25, 0.3) is 21.8 Å². The molecule has 7 heteroatoms. The summed E-state index contributed by atoms with van der Waals surface area (Å²) < 4.78 is 5.40. The third kappa shape index (κ3) is 4.39. The smallest absolute Gasteiger partial charge is 0.269 e. The van der Waals surface area contributed by atoms with Gasteiger partial charge < -0.3 is 15.0 Å². The van der Waals surface area contributed by atoms with Crippen LogP contribution in [-0.2, 0) is 4.74 Å². The fraction of sp³-hybridized carbons (Fsp3) is 0.160. The maximum absolute atomic E-state index is 13.2. The minimum Gasteiger partial charge on any atom is -0.378 e. The number of thiazole rings is 1. The number of carbonyl (C=O) groups excluding carboxylic acids is 1. The Morgan fingerprint density at radius 3 is 2.25 bits per heavy atom. The first kappa shape index (κ1) is 20.4. The maximum Gasteiger partial charge on any atom is 0.269 e. The van der Waals surface area contributed by atoms with Gasteiger partial charge in [0.15, 0.2) is 0 Å². The zero-order valence-electron chi connectivity index (χ0n) is 17.4. The van der Waals surface area contributed by atoms with Gasteiger partial charge in [-0.25, -0.2) is 9.97 Å². The molecule has 1 aliphatic rings. The SMILES string of the molecule is O=C(Nc1ccc(N2CCOCC2)cn1)c1sc(-c2ccccc2)nc1-c1ccccc1. The molecule has 2 aromatic carbocycles. The fourth-order valence-corrected chi connectivity index (χ4v) is 4.60. The number of carbonyl (C=O) groups is 1. The lowest BCUT2D eigenvalue weighted by Crippen LogP contribution is -2.36. The molecule has 3 heterocycles. The first-order valence-corrected chi connectivity index (χ1v) is 11.3. The lowest BCUT2D eigenvalue weighted by Gasteiger charge is -2.28. The van der Waals surface area contributed by atoms with E-state index < -0.39 is 0 Å². The van der Waals surface area contributed by atoms with E-state index in [-0.39, 0.29) is 5.91 Å². The molecule has 0 saturated carbocycles. The van der Waals surface area contributed by atoms with Crippen molar-refractivity contribution in [1.82, 2.24) is 9.97 Å². The van der Waals surface area contributed by atoms with Crippen LogP contribution in [0.4, 0.5) is 11.5 Å². The molecule has 1 N–H and O–H groups in total. The average molecular weight is 443 g/mol. The Kier molecular flexibility index (Phi) is 5.91. The summed E-state index contributed by atoms with van der Waals surface area (Å²) in [4.78, 5) is 25.3. The highest BCUT2D eigenvalue weighted by atomic mass is 32.1. The zero-order valence-corrected chi connectivity index (χ0v) is 18.2. The van der Waals surface area contributed by atoms with E-state index in [9.17, 15) is 4.79 Å². The van der Waals surface area contributed by atoms with Gasteiger partial charge in [-0.1, -0.05) is 60.7 Å². The third-order valence-corrected chi connectivity index (χ3v) is 6.37. The first-order chi connectivity index (χ1) is 15.8. The highest BCUT2D eigenvalue weighted by Gasteiger charge is 2.21. The largest absolute Gasteiger partial charge is 0.378 e. The Morgan fingerprint density at radius 1 is 0.906 bits per heavy atom. The van der Waals surface area contributed by atoms with Crippen LogP contribution in [0.2, 0.25) is 0 Å². The van der Waals surface area contributed by atoms with Crippen molar-refractivity contribution < 1.29 is 9.53 Å². The standard InChI is InChI=1S/C25H22N4O2S/c30-24(27-21-12-11-20(17-26-21)29-13-15-31-16-14-29)23-22(18-7-3-1-4-8-18)28-25(32-23)19-9-5-2-6-10-19/h1-12,17H,13-16H2,(H,26,27,30). The number of pyridine rings is 1. The molecule has 4 aromatic rings. The van der Waals surface area contributed by atoms with Crippen molar-refractivity contribution in [2.45, 2.75) is 0 Å². The second-order valence-electron chi connectivity index (χ2n) is 7.38. The molecule has 0 bridgehead atoms. The quantitative estimate of drug-likeness (QED) is 0.473. The Hall–Kier alpha value is -3.55. The minimum absolute atomic E-state index is 0.213. The molecule has 1 amide bonds. The van der Waals surface area contributed by atoms with Crippen molar-refractivity contribution in [1.29, 1.82) is 0 Å². The highest BCUT2D eigenvalue weighted by molar-refractivity contribution is 7.17. The number of benzene rings is 2. The van der Waals surface area contributed by atoms with E-state index in [1.54, 1.807) is 6.20 Å². The Labute approximate surface area is 190 Å². The molecular weight excluding hydrogens is 420 g/mol. The van der Waals surface area contributed by atoms with Gasteiger partial charge in [-0.05, 0) is 12.1 Å². The van der Waals surface area contributed by atoms with E-state index in [2.05, 4.69) is 15.2 Å². The summed E-state index contributed by atoms with van der Waals surface area (Å²) in [6.07, 6.45) is 1.79. The summed E-state index contributed by atoms with van der Waals surface area (Å²) in [5, 5.41) is 3.75. The van der Waals surface area contributed by atoms with Gasteiger partial charge in [-0.3, -0.25) is 4.79 Å². The van der Waals surface area contributed by atoms with Gasteiger partial charge >= 0.3 is 0 Å². The van der Waals surface area contributed by atoms with Crippen LogP contribution in [0.15, 0.2) is 79.0 Å². The molecule has 6 nitrogen and oxygen atoms in total. The van der Waals surface area contributed by atoms with Crippen molar-refractivity contribution in [2.75, 3.05) is 36.5 Å². The molecule has 0 spiro atoms. The molecule has 0 radical (unpaired) electrons. The minimum atomic E-state index is -0.213. The predicted molar refractivity (Wildman–Crippen MR) is 128 cm³/mol. The molecular formula is C25H22N4O2S. The molecule has 5 rings (SSSR count). The number of morpholine rings is 1. The Balaban J connectivity index is 1.42. The number of anilines is 2. The maximum atomic E-state index is 13.2. The number of nitrogens with zero attached hydrogens (tertiary/aromatic N) is 3. The van der Waals surface area contributed by atoms with Crippen LogP contribution < -0.4 is 10.2 Å². The van der Waals surface area contributed by atoms with E-state index in [4.69, 9.17) is 9.72 Å². The monoisotopic (exact) mass is 442 g/mol. The van der Waals surface area contributed by atoms with Crippen LogP contribution in [-0.4, -0.2) is 42.2 Å². The van der Waals surface area contributed by atoms with E-state index >= 15 is 0 Å². The van der Waals surface area contributed by atoms with Gasteiger partial charge in [0, 0.05) is 24.2 Å². The third-order valence-electron chi connectivity index (χ3n) is 5.27. The summed E-state index contributed by atoms with van der Waals surface area (Å²) in [5.74, 6) is 0.302. The normalized spacial score (nSPS) is 13.7. The van der Waals surface area contributed by atoms with Gasteiger partial charge in [-0.15, -0.1) is 11.3 Å². The summed E-state index contributed by atoms with van der Waals surface area (Å²) in [7, 11) is 0. The van der Waals surface area contributed by atoms with E-state index in [1.165, 1.54) is 11.3 Å². The second kappa shape index (κ2) is 9.30. The number of hydrogen-bond donors (Lipinski definition) is 1. The molecule has 32 heavy (non-hydrogen) atoms. The van der Waals surface area contributed by atoms with Crippen LogP contribution >= 0.6 is 11.3 Å². The predicted octanol–water partition coefficient (Wildman–Crippen LogP) is 4.96. The van der Waals surface area contributed by atoms with Crippen molar-refractivity contribution in [3.63, 3.8) is 0 Å². The van der Waals surface area contributed by atoms with Crippen molar-refractivity contribution >= 4 is 28.7 Å². The first-order valence-electron chi connectivity index (χ1n) is 10.5. The van der Waals surface area contributed by atoms with Crippen molar-refractivity contribution in [2.24, 2.45) is 0 Å². The van der Waals surface area contributed by atoms with Gasteiger partial charge in [-0.2, -0.15) is 0 Å². The highest BCUT2D eigenvalue weighted by Crippen LogP contribution is 2.34. The number of ether oxygens (including phenoxy) is 1. The summed E-state index contributed by atoms with van der Waals surface area (Å²) >= 11 is 1.39. The number of hydrogen-bond acceptors (Lipinski definition) is 6. The van der Waals surface area contributed by atoms with Crippen LogP contribution in [0.3, 0.4) is 0 Å². The number of rotatable bonds is 5. The molecule has 0 unspecified atom stereocenters. The van der Waals surface area contributed by atoms with Crippen LogP contribution in [0, 0.1) is 0 Å². The molecule has 2 aromatic heterocycles. The Morgan fingerprint density at radius 2 is 1.59 bits per heavy atom. The van der Waals surface area contributed by atoms with Gasteiger partial charge in [0.25, 0.3) is 5.91 Å². The van der Waals surface area contributed by atoms with Gasteiger partial charge in [0.05, 0.1) is 30.8 Å². The molecule has 1 aliphatic heterocycles. The topological polar surface area (TPSA) is 67.4 Å². The Bertz CT molecular complexity index is 1190. The second-order valence-corrected chi connectivity index (χ2v) is 8.38. The van der Waals surface area contributed by atoms with Gasteiger partial charge in [0.2, 0.25) is 0 Å². The van der Waals surface area contributed by atoms with Crippen molar-refractivity contribution in [3.8, 4) is 21.8 Å². The van der Waals surface area contributed by atoms with E-state index in [1.807, 2.05) is 72.8 Å². The number of aromatic nitrogens is 2. The van der Waals surface area contributed by atoms with E-state index in [0.717, 1.165) is 48.1 Å². The summed E-state index contributed by atoms with van der Waals surface area (Å²) in [5.41, 5.74) is 3.60. The molecule has 0 atom stereocenters. The van der Waals surface area contributed by atoms with Crippen LogP contribution in [0.1, 0.15) is 9.67 Å². The number of amides is 1. The summed E-state index contributed by atoms with van der Waals surface area (Å²) in [6.45, 7) is 3.12. The molecule has 160 valence electrons. The molecule has 0 aliphatic carbocycles. The number of nitrogens with one attached hydrogen (secondary N) is 1. The zero-order chi connectivity index (χ0) is 21.8. The lowest BCUT2D eigenvalue weighted by atomic mass is 10.1. The van der Waals surface area contributed by atoms with E-state index in [0.29, 0.717) is 16.4 Å². The fourth-order valence-electron chi connectivity index (χ4n) is 3.61. The average Bonchev–Trinajstić information content (AvgIpc) is 3.32.